The van der Waals surface area contributed by atoms with Crippen LogP contribution in [-0.4, -0.2) is 25.2 Å². The molecule has 0 saturated heterocycles. The quantitative estimate of drug-likeness (QED) is 0.523. The summed E-state index contributed by atoms with van der Waals surface area (Å²) in [5, 5.41) is 0. The van der Waals surface area contributed by atoms with Crippen molar-refractivity contribution in [2.75, 3.05) is 13.2 Å². The first-order valence-electron chi connectivity index (χ1n) is 10.1. The van der Waals surface area contributed by atoms with Gasteiger partial charge in [0.15, 0.2) is 0 Å². The van der Waals surface area contributed by atoms with Crippen molar-refractivity contribution < 1.29 is 19.1 Å². The highest BCUT2D eigenvalue weighted by atomic mass is 16.5. The van der Waals surface area contributed by atoms with Gasteiger partial charge in [-0.05, 0) is 51.4 Å². The van der Waals surface area contributed by atoms with Gasteiger partial charge >= 0.3 is 11.9 Å². The SMILES string of the molecule is O=C(OCC1C=CCCC1)C1C=CCCC1C(=O)OCC1C=CCCC1. The van der Waals surface area contributed by atoms with Crippen LogP contribution in [0.4, 0.5) is 0 Å². The van der Waals surface area contributed by atoms with Crippen molar-refractivity contribution in [3.63, 3.8) is 0 Å². The lowest BCUT2D eigenvalue weighted by Gasteiger charge is -2.26. The molecule has 4 atom stereocenters. The number of esters is 2. The molecule has 0 saturated carbocycles. The molecule has 0 aromatic rings. The van der Waals surface area contributed by atoms with Crippen molar-refractivity contribution in [2.24, 2.45) is 23.7 Å². The Morgan fingerprint density at radius 3 is 1.88 bits per heavy atom. The third-order valence-corrected chi connectivity index (χ3v) is 5.58. The summed E-state index contributed by atoms with van der Waals surface area (Å²) in [6.45, 7) is 0.832. The summed E-state index contributed by atoms with van der Waals surface area (Å²) in [5.41, 5.74) is 0. The Kier molecular flexibility index (Phi) is 7.10. The van der Waals surface area contributed by atoms with Crippen LogP contribution in [0.1, 0.15) is 51.4 Å². The predicted molar refractivity (Wildman–Crippen MR) is 100 cm³/mol. The van der Waals surface area contributed by atoms with Crippen molar-refractivity contribution in [3.05, 3.63) is 36.5 Å². The van der Waals surface area contributed by atoms with Crippen LogP contribution >= 0.6 is 0 Å². The lowest BCUT2D eigenvalue weighted by Crippen LogP contribution is -2.34. The van der Waals surface area contributed by atoms with Crippen LogP contribution in [0.3, 0.4) is 0 Å². The van der Waals surface area contributed by atoms with E-state index in [0.717, 1.165) is 44.9 Å². The van der Waals surface area contributed by atoms with E-state index in [2.05, 4.69) is 24.3 Å². The first kappa shape index (κ1) is 18.9. The van der Waals surface area contributed by atoms with E-state index in [1.807, 2.05) is 12.2 Å². The second-order valence-corrected chi connectivity index (χ2v) is 7.64. The molecular formula is C22H30O4. The molecule has 26 heavy (non-hydrogen) atoms. The van der Waals surface area contributed by atoms with Crippen molar-refractivity contribution in [1.29, 1.82) is 0 Å². The molecule has 0 bridgehead atoms. The molecule has 0 aromatic heterocycles. The molecule has 0 fully saturated rings. The first-order chi connectivity index (χ1) is 12.7. The topological polar surface area (TPSA) is 52.6 Å². The van der Waals surface area contributed by atoms with Crippen molar-refractivity contribution in [3.8, 4) is 0 Å². The smallest absolute Gasteiger partial charge is 0.313 e. The Hall–Kier alpha value is -1.84. The summed E-state index contributed by atoms with van der Waals surface area (Å²) in [6.07, 6.45) is 20.5. The van der Waals surface area contributed by atoms with Gasteiger partial charge in [0.05, 0.1) is 25.0 Å². The Morgan fingerprint density at radius 2 is 1.31 bits per heavy atom. The summed E-state index contributed by atoms with van der Waals surface area (Å²) >= 11 is 0. The summed E-state index contributed by atoms with van der Waals surface area (Å²) in [7, 11) is 0. The molecule has 3 aliphatic rings. The second kappa shape index (κ2) is 9.75. The van der Waals surface area contributed by atoms with E-state index in [1.54, 1.807) is 0 Å². The number of hydrogen-bond donors (Lipinski definition) is 0. The van der Waals surface area contributed by atoms with Crippen molar-refractivity contribution in [2.45, 2.75) is 51.4 Å². The van der Waals surface area contributed by atoms with Crippen molar-refractivity contribution >= 4 is 11.9 Å². The number of hydrogen-bond acceptors (Lipinski definition) is 4. The number of allylic oxidation sites excluding steroid dienone is 3. The molecule has 0 heterocycles. The molecule has 3 rings (SSSR count). The fraction of sp³-hybridized carbons (Fsp3) is 0.636. The minimum absolute atomic E-state index is 0.257. The zero-order chi connectivity index (χ0) is 18.2. The van der Waals surface area contributed by atoms with Crippen LogP contribution in [0, 0.1) is 23.7 Å². The lowest BCUT2D eigenvalue weighted by molar-refractivity contribution is -0.160. The maximum Gasteiger partial charge on any atom is 0.313 e. The molecule has 0 spiro atoms. The standard InChI is InChI=1S/C22H30O4/c23-21(25-15-17-9-3-1-4-10-17)19-13-7-8-14-20(19)22(24)26-16-18-11-5-2-6-12-18/h3,5,7,9,11,13,17-20H,1-2,4,6,8,10,12,14-16H2. The third-order valence-electron chi connectivity index (χ3n) is 5.58. The van der Waals surface area contributed by atoms with E-state index in [9.17, 15) is 9.59 Å². The Morgan fingerprint density at radius 1 is 0.731 bits per heavy atom. The monoisotopic (exact) mass is 358 g/mol. The molecule has 4 unspecified atom stereocenters. The summed E-state index contributed by atoms with van der Waals surface area (Å²) < 4.78 is 11.1. The van der Waals surface area contributed by atoms with Crippen LogP contribution in [0.15, 0.2) is 36.5 Å². The third kappa shape index (κ3) is 5.33. The van der Waals surface area contributed by atoms with Gasteiger partial charge in [-0.2, -0.15) is 0 Å². The van der Waals surface area contributed by atoms with Crippen LogP contribution in [0.2, 0.25) is 0 Å². The average Bonchev–Trinajstić information content (AvgIpc) is 2.72. The number of carbonyl (C=O) groups excluding carboxylic acids is 2. The molecular weight excluding hydrogens is 328 g/mol. The molecule has 4 heteroatoms. The number of ether oxygens (including phenoxy) is 2. The van der Waals surface area contributed by atoms with E-state index in [1.165, 1.54) is 0 Å². The highest BCUT2D eigenvalue weighted by Gasteiger charge is 2.36. The van der Waals surface area contributed by atoms with Gasteiger partial charge in [0, 0.05) is 11.8 Å². The lowest BCUT2D eigenvalue weighted by atomic mass is 9.84. The van der Waals surface area contributed by atoms with E-state index < -0.39 is 11.8 Å². The van der Waals surface area contributed by atoms with E-state index in [4.69, 9.17) is 9.47 Å². The second-order valence-electron chi connectivity index (χ2n) is 7.64. The minimum Gasteiger partial charge on any atom is -0.465 e. The van der Waals surface area contributed by atoms with E-state index in [-0.39, 0.29) is 11.9 Å². The molecule has 0 aromatic carbocycles. The van der Waals surface area contributed by atoms with E-state index >= 15 is 0 Å². The van der Waals surface area contributed by atoms with Crippen molar-refractivity contribution in [1.82, 2.24) is 0 Å². The first-order valence-corrected chi connectivity index (χ1v) is 10.1. The van der Waals surface area contributed by atoms with Crippen LogP contribution in [-0.2, 0) is 19.1 Å². The van der Waals surface area contributed by atoms with Gasteiger partial charge in [-0.3, -0.25) is 9.59 Å². The maximum absolute atomic E-state index is 12.6. The number of rotatable bonds is 6. The fourth-order valence-electron chi connectivity index (χ4n) is 3.96. The normalized spacial score (nSPS) is 30.8. The molecule has 0 aliphatic heterocycles. The van der Waals surface area contributed by atoms with Crippen LogP contribution in [0.25, 0.3) is 0 Å². The molecule has 142 valence electrons. The molecule has 4 nitrogen and oxygen atoms in total. The highest BCUT2D eigenvalue weighted by Crippen LogP contribution is 2.28. The van der Waals surface area contributed by atoms with Gasteiger partial charge < -0.3 is 9.47 Å². The predicted octanol–water partition coefficient (Wildman–Crippen LogP) is 4.37. The zero-order valence-electron chi connectivity index (χ0n) is 15.5. The maximum atomic E-state index is 12.6. The van der Waals surface area contributed by atoms with Gasteiger partial charge in [0.1, 0.15) is 0 Å². The van der Waals surface area contributed by atoms with Gasteiger partial charge in [0.25, 0.3) is 0 Å². The van der Waals surface area contributed by atoms with Crippen LogP contribution < -0.4 is 0 Å². The Balaban J connectivity index is 1.50. The fourth-order valence-corrected chi connectivity index (χ4v) is 3.96. The van der Waals surface area contributed by atoms with Crippen LogP contribution in [0.5, 0.6) is 0 Å². The van der Waals surface area contributed by atoms with Gasteiger partial charge in [-0.25, -0.2) is 0 Å². The average molecular weight is 358 g/mol. The summed E-state index contributed by atoms with van der Waals surface area (Å²) in [4.78, 5) is 25.1. The molecule has 0 N–H and O–H groups in total. The van der Waals surface area contributed by atoms with E-state index in [0.29, 0.717) is 31.5 Å². The van der Waals surface area contributed by atoms with Gasteiger partial charge in [-0.15, -0.1) is 0 Å². The molecule has 0 amide bonds. The Labute approximate surface area is 156 Å². The largest absolute Gasteiger partial charge is 0.465 e. The minimum atomic E-state index is -0.509. The van der Waals surface area contributed by atoms with Gasteiger partial charge in [0.2, 0.25) is 0 Å². The summed E-state index contributed by atoms with van der Waals surface area (Å²) in [6, 6.07) is 0. The van der Waals surface area contributed by atoms with Gasteiger partial charge in [-0.1, -0.05) is 36.5 Å². The molecule has 0 radical (unpaired) electrons. The number of carbonyl (C=O) groups is 2. The molecule has 3 aliphatic carbocycles. The highest BCUT2D eigenvalue weighted by molar-refractivity contribution is 5.84. The zero-order valence-corrected chi connectivity index (χ0v) is 15.5. The Bertz CT molecular complexity index is 575. The summed E-state index contributed by atoms with van der Waals surface area (Å²) in [5.74, 6) is -0.848.